The van der Waals surface area contributed by atoms with Crippen LogP contribution in [0.5, 0.6) is 0 Å². The lowest BCUT2D eigenvalue weighted by Crippen LogP contribution is -2.28. The molecule has 19 heavy (non-hydrogen) atoms. The van der Waals surface area contributed by atoms with Crippen LogP contribution in [-0.4, -0.2) is 34.9 Å². The van der Waals surface area contributed by atoms with Crippen LogP contribution in [0.25, 0.3) is 0 Å². The maximum absolute atomic E-state index is 11.9. The van der Waals surface area contributed by atoms with Gasteiger partial charge in [-0.05, 0) is 19.3 Å². The molecular formula is C13H22N4O2. The van der Waals surface area contributed by atoms with E-state index in [4.69, 9.17) is 10.5 Å². The van der Waals surface area contributed by atoms with Crippen molar-refractivity contribution < 1.29 is 9.53 Å². The molecule has 2 atom stereocenters. The van der Waals surface area contributed by atoms with Gasteiger partial charge in [-0.3, -0.25) is 9.48 Å². The number of rotatable bonds is 6. The van der Waals surface area contributed by atoms with Crippen molar-refractivity contribution in [1.82, 2.24) is 9.78 Å². The Labute approximate surface area is 113 Å². The fourth-order valence-electron chi connectivity index (χ4n) is 2.23. The number of carbonyl (C=O) groups excluding carboxylic acids is 1. The average molecular weight is 266 g/mol. The maximum Gasteiger partial charge on any atom is 0.228 e. The Balaban J connectivity index is 1.87. The second kappa shape index (κ2) is 6.68. The summed E-state index contributed by atoms with van der Waals surface area (Å²) in [5.74, 6) is -0.178. The van der Waals surface area contributed by atoms with E-state index in [0.29, 0.717) is 6.54 Å². The number of aromatic nitrogens is 2. The van der Waals surface area contributed by atoms with Crippen molar-refractivity contribution in [2.24, 2.45) is 11.7 Å². The van der Waals surface area contributed by atoms with E-state index >= 15 is 0 Å². The summed E-state index contributed by atoms with van der Waals surface area (Å²) in [6.45, 7) is 3.90. The molecule has 1 fully saturated rings. The van der Waals surface area contributed by atoms with Gasteiger partial charge in [-0.1, -0.05) is 6.92 Å². The molecule has 2 unspecified atom stereocenters. The van der Waals surface area contributed by atoms with E-state index in [1.807, 2.05) is 17.8 Å². The number of amides is 1. The number of nitrogens with zero attached hydrogens (tertiary/aromatic N) is 2. The van der Waals surface area contributed by atoms with Crippen molar-refractivity contribution in [3.05, 3.63) is 12.4 Å². The van der Waals surface area contributed by atoms with Crippen molar-refractivity contribution in [3.63, 3.8) is 0 Å². The number of nitrogens with two attached hydrogens (primary N) is 1. The number of nitrogens with one attached hydrogen (secondary N) is 1. The highest BCUT2D eigenvalue weighted by atomic mass is 16.5. The third-order valence-electron chi connectivity index (χ3n) is 3.46. The smallest absolute Gasteiger partial charge is 0.228 e. The highest BCUT2D eigenvalue weighted by Gasteiger charge is 2.18. The van der Waals surface area contributed by atoms with Crippen LogP contribution in [0.4, 0.5) is 5.69 Å². The van der Waals surface area contributed by atoms with Gasteiger partial charge in [-0.15, -0.1) is 0 Å². The van der Waals surface area contributed by atoms with Crippen LogP contribution in [0.3, 0.4) is 0 Å². The topological polar surface area (TPSA) is 82.2 Å². The zero-order chi connectivity index (χ0) is 13.7. The van der Waals surface area contributed by atoms with E-state index in [1.54, 1.807) is 6.20 Å². The molecule has 0 saturated carbocycles. The lowest BCUT2D eigenvalue weighted by atomic mass is 10.1. The first-order valence-electron chi connectivity index (χ1n) is 6.88. The molecule has 0 bridgehead atoms. The van der Waals surface area contributed by atoms with E-state index in [1.165, 1.54) is 0 Å². The molecule has 0 aliphatic carbocycles. The van der Waals surface area contributed by atoms with E-state index < -0.39 is 0 Å². The van der Waals surface area contributed by atoms with Crippen molar-refractivity contribution in [3.8, 4) is 0 Å². The van der Waals surface area contributed by atoms with E-state index in [0.717, 1.165) is 38.1 Å². The van der Waals surface area contributed by atoms with Crippen molar-refractivity contribution in [2.45, 2.75) is 38.8 Å². The Morgan fingerprint density at radius 3 is 3.21 bits per heavy atom. The summed E-state index contributed by atoms with van der Waals surface area (Å²) in [7, 11) is 0. The van der Waals surface area contributed by atoms with Gasteiger partial charge in [0.1, 0.15) is 0 Å². The minimum Gasteiger partial charge on any atom is -0.376 e. The monoisotopic (exact) mass is 266 g/mol. The Bertz CT molecular complexity index is 409. The zero-order valence-corrected chi connectivity index (χ0v) is 11.3. The van der Waals surface area contributed by atoms with Crippen molar-refractivity contribution in [2.75, 3.05) is 18.5 Å². The third kappa shape index (κ3) is 3.78. The first kappa shape index (κ1) is 14.0. The Kier molecular flexibility index (Phi) is 4.93. The van der Waals surface area contributed by atoms with Gasteiger partial charge in [0.15, 0.2) is 0 Å². The summed E-state index contributed by atoms with van der Waals surface area (Å²) in [5.41, 5.74) is 6.27. The van der Waals surface area contributed by atoms with Crippen LogP contribution in [0.15, 0.2) is 12.4 Å². The molecule has 6 heteroatoms. The summed E-state index contributed by atoms with van der Waals surface area (Å²) in [5, 5.41) is 7.08. The maximum atomic E-state index is 11.9. The first-order valence-corrected chi connectivity index (χ1v) is 6.88. The second-order valence-electron chi connectivity index (χ2n) is 4.92. The van der Waals surface area contributed by atoms with E-state index in [-0.39, 0.29) is 17.9 Å². The molecule has 3 N–H and O–H groups in total. The fourth-order valence-corrected chi connectivity index (χ4v) is 2.23. The van der Waals surface area contributed by atoms with E-state index in [2.05, 4.69) is 10.4 Å². The molecule has 2 rings (SSSR count). The van der Waals surface area contributed by atoms with Gasteiger partial charge < -0.3 is 15.8 Å². The van der Waals surface area contributed by atoms with Crippen LogP contribution in [-0.2, 0) is 16.1 Å². The number of carbonyl (C=O) groups is 1. The largest absolute Gasteiger partial charge is 0.376 e. The lowest BCUT2D eigenvalue weighted by Gasteiger charge is -2.11. The molecule has 0 radical (unpaired) electrons. The first-order chi connectivity index (χ1) is 9.22. The number of anilines is 1. The van der Waals surface area contributed by atoms with Crippen LogP contribution >= 0.6 is 0 Å². The van der Waals surface area contributed by atoms with Crippen LogP contribution in [0.2, 0.25) is 0 Å². The molecule has 1 aromatic heterocycles. The molecule has 1 aromatic rings. The highest BCUT2D eigenvalue weighted by molar-refractivity contribution is 5.92. The molecule has 1 saturated heterocycles. The van der Waals surface area contributed by atoms with Gasteiger partial charge >= 0.3 is 0 Å². The van der Waals surface area contributed by atoms with Crippen LogP contribution < -0.4 is 11.1 Å². The predicted molar refractivity (Wildman–Crippen MR) is 72.7 cm³/mol. The standard InChI is InChI=1S/C13H22N4O2/c1-2-10(6-14)13(18)16-11-7-15-17(8-11)9-12-4-3-5-19-12/h7-8,10,12H,2-6,9,14H2,1H3,(H,16,18). The quantitative estimate of drug-likeness (QED) is 0.804. The van der Waals surface area contributed by atoms with Gasteiger partial charge in [-0.2, -0.15) is 5.10 Å². The molecule has 2 heterocycles. The molecule has 6 nitrogen and oxygen atoms in total. The Morgan fingerprint density at radius 2 is 2.58 bits per heavy atom. The highest BCUT2D eigenvalue weighted by Crippen LogP contribution is 2.15. The predicted octanol–water partition coefficient (Wildman–Crippen LogP) is 0.985. The van der Waals surface area contributed by atoms with Gasteiger partial charge in [0.2, 0.25) is 5.91 Å². The zero-order valence-electron chi connectivity index (χ0n) is 11.3. The van der Waals surface area contributed by atoms with E-state index in [9.17, 15) is 4.79 Å². The molecular weight excluding hydrogens is 244 g/mol. The van der Waals surface area contributed by atoms with Gasteiger partial charge in [0.25, 0.3) is 0 Å². The summed E-state index contributed by atoms with van der Waals surface area (Å²) in [4.78, 5) is 11.9. The fraction of sp³-hybridized carbons (Fsp3) is 0.692. The van der Waals surface area contributed by atoms with Gasteiger partial charge in [-0.25, -0.2) is 0 Å². The SMILES string of the molecule is CCC(CN)C(=O)Nc1cnn(CC2CCCO2)c1. The molecule has 1 aliphatic heterocycles. The van der Waals surface area contributed by atoms with Crippen molar-refractivity contribution in [1.29, 1.82) is 0 Å². The number of hydrogen-bond acceptors (Lipinski definition) is 4. The summed E-state index contributed by atoms with van der Waals surface area (Å²) < 4.78 is 7.37. The van der Waals surface area contributed by atoms with Gasteiger partial charge in [0, 0.05) is 19.3 Å². The summed E-state index contributed by atoms with van der Waals surface area (Å²) >= 11 is 0. The Morgan fingerprint density at radius 1 is 1.74 bits per heavy atom. The number of hydrogen-bond donors (Lipinski definition) is 2. The van der Waals surface area contributed by atoms with Crippen LogP contribution in [0, 0.1) is 5.92 Å². The summed E-state index contributed by atoms with van der Waals surface area (Å²) in [6, 6.07) is 0. The van der Waals surface area contributed by atoms with Crippen molar-refractivity contribution >= 4 is 11.6 Å². The second-order valence-corrected chi connectivity index (χ2v) is 4.92. The number of ether oxygens (including phenoxy) is 1. The van der Waals surface area contributed by atoms with Crippen LogP contribution in [0.1, 0.15) is 26.2 Å². The average Bonchev–Trinajstić information content (AvgIpc) is 3.03. The van der Waals surface area contributed by atoms with Gasteiger partial charge in [0.05, 0.1) is 30.5 Å². The molecule has 0 aromatic carbocycles. The Hall–Kier alpha value is -1.40. The molecule has 1 amide bonds. The molecule has 1 aliphatic rings. The lowest BCUT2D eigenvalue weighted by molar-refractivity contribution is -0.119. The minimum atomic E-state index is -0.137. The molecule has 0 spiro atoms. The third-order valence-corrected chi connectivity index (χ3v) is 3.46. The minimum absolute atomic E-state index is 0.0401. The summed E-state index contributed by atoms with van der Waals surface area (Å²) in [6.07, 6.45) is 6.68. The molecule has 106 valence electrons. The normalized spacial score (nSPS) is 20.4.